The molecule has 2 aromatic rings. The van der Waals surface area contributed by atoms with Crippen LogP contribution in [0.4, 0.5) is 5.69 Å². The van der Waals surface area contributed by atoms with Crippen LogP contribution in [-0.2, 0) is 12.2 Å². The Balaban J connectivity index is 1.60. The van der Waals surface area contributed by atoms with Crippen molar-refractivity contribution in [2.24, 2.45) is 0 Å². The van der Waals surface area contributed by atoms with Gasteiger partial charge in [-0.05, 0) is 43.9 Å². The highest BCUT2D eigenvalue weighted by molar-refractivity contribution is 7.99. The van der Waals surface area contributed by atoms with Crippen molar-refractivity contribution in [2.75, 3.05) is 11.9 Å². The zero-order valence-corrected chi connectivity index (χ0v) is 13.7. The number of fused-ring (bicyclic) bond motifs is 1. The van der Waals surface area contributed by atoms with Crippen LogP contribution in [0.25, 0.3) is 0 Å². The Morgan fingerprint density at radius 1 is 1.10 bits per heavy atom. The van der Waals surface area contributed by atoms with Gasteiger partial charge in [0.25, 0.3) is 0 Å². The Bertz CT molecular complexity index is 573. The van der Waals surface area contributed by atoms with Gasteiger partial charge in [-0.1, -0.05) is 47.5 Å². The van der Waals surface area contributed by atoms with E-state index in [1.165, 1.54) is 40.8 Å². The van der Waals surface area contributed by atoms with E-state index in [1.807, 2.05) is 0 Å². The highest BCUT2D eigenvalue weighted by Gasteiger charge is 2.15. The van der Waals surface area contributed by atoms with Crippen LogP contribution in [0.15, 0.2) is 42.5 Å². The normalized spacial score (nSPS) is 17.7. The summed E-state index contributed by atoms with van der Waals surface area (Å²) >= 11 is 2.09. The van der Waals surface area contributed by atoms with Gasteiger partial charge in [0.2, 0.25) is 0 Å². The molecular weight excluding hydrogens is 274 g/mol. The van der Waals surface area contributed by atoms with Gasteiger partial charge in [-0.25, -0.2) is 0 Å². The average molecular weight is 297 g/mol. The van der Waals surface area contributed by atoms with Crippen molar-refractivity contribution < 1.29 is 0 Å². The monoisotopic (exact) mass is 297 g/mol. The van der Waals surface area contributed by atoms with Crippen LogP contribution in [-0.4, -0.2) is 11.8 Å². The fourth-order valence-corrected chi connectivity index (χ4v) is 4.14. The molecule has 2 heteroatoms. The van der Waals surface area contributed by atoms with E-state index in [-0.39, 0.29) is 0 Å². The van der Waals surface area contributed by atoms with E-state index in [9.17, 15) is 0 Å². The largest absolute Gasteiger partial charge is 0.384 e. The van der Waals surface area contributed by atoms with Crippen molar-refractivity contribution in [3.05, 3.63) is 64.7 Å². The van der Waals surface area contributed by atoms with Crippen LogP contribution < -0.4 is 5.32 Å². The lowest BCUT2D eigenvalue weighted by atomic mass is 10.1. The number of hydrogen-bond donors (Lipinski definition) is 1. The maximum absolute atomic E-state index is 3.61. The van der Waals surface area contributed by atoms with Crippen molar-refractivity contribution in [3.8, 4) is 0 Å². The Morgan fingerprint density at radius 2 is 1.86 bits per heavy atom. The summed E-state index contributed by atoms with van der Waals surface area (Å²) < 4.78 is 0. The van der Waals surface area contributed by atoms with Crippen molar-refractivity contribution in [2.45, 2.75) is 37.7 Å². The van der Waals surface area contributed by atoms with Gasteiger partial charge in [-0.2, -0.15) is 11.8 Å². The zero-order valence-electron chi connectivity index (χ0n) is 12.9. The lowest BCUT2D eigenvalue weighted by Crippen LogP contribution is -2.14. The smallest absolute Gasteiger partial charge is 0.0373 e. The number of hydrogen-bond acceptors (Lipinski definition) is 2. The van der Waals surface area contributed by atoms with E-state index < -0.39 is 0 Å². The van der Waals surface area contributed by atoms with Gasteiger partial charge < -0.3 is 5.32 Å². The van der Waals surface area contributed by atoms with E-state index in [0.29, 0.717) is 5.25 Å². The summed E-state index contributed by atoms with van der Waals surface area (Å²) in [5, 5.41) is 4.31. The minimum atomic E-state index is 0.693. The summed E-state index contributed by atoms with van der Waals surface area (Å²) in [7, 11) is 0. The van der Waals surface area contributed by atoms with Crippen LogP contribution in [0, 0.1) is 13.8 Å². The van der Waals surface area contributed by atoms with Gasteiger partial charge in [-0.3, -0.25) is 0 Å². The molecule has 1 heterocycles. The highest BCUT2D eigenvalue weighted by Crippen LogP contribution is 2.28. The lowest BCUT2D eigenvalue weighted by Gasteiger charge is -2.14. The molecular formula is C19H23NS. The number of thioether (sulfide) groups is 1. The third-order valence-electron chi connectivity index (χ3n) is 4.04. The Morgan fingerprint density at radius 3 is 2.67 bits per heavy atom. The van der Waals surface area contributed by atoms with Crippen LogP contribution in [0.1, 0.15) is 28.7 Å². The number of nitrogens with one attached hydrogen (secondary N) is 1. The number of anilines is 1. The maximum atomic E-state index is 3.61. The Hall–Kier alpha value is -1.41. The molecule has 1 N–H and O–H groups in total. The lowest BCUT2D eigenvalue weighted by molar-refractivity contribution is 0.803. The quantitative estimate of drug-likeness (QED) is 0.859. The van der Waals surface area contributed by atoms with Gasteiger partial charge in [0.05, 0.1) is 0 Å². The summed E-state index contributed by atoms with van der Waals surface area (Å²) in [6, 6.07) is 15.6. The molecule has 0 spiro atoms. The van der Waals surface area contributed by atoms with Gasteiger partial charge in [0.15, 0.2) is 0 Å². The van der Waals surface area contributed by atoms with Crippen LogP contribution in [0.5, 0.6) is 0 Å². The maximum Gasteiger partial charge on any atom is 0.0373 e. The highest BCUT2D eigenvalue weighted by atomic mass is 32.2. The topological polar surface area (TPSA) is 12.0 Å². The minimum absolute atomic E-state index is 0.693. The fraction of sp³-hybridized carbons (Fsp3) is 0.368. The van der Waals surface area contributed by atoms with E-state index in [4.69, 9.17) is 0 Å². The van der Waals surface area contributed by atoms with Crippen LogP contribution in [0.2, 0.25) is 0 Å². The molecule has 0 aromatic heterocycles. The van der Waals surface area contributed by atoms with Gasteiger partial charge >= 0.3 is 0 Å². The molecule has 0 saturated heterocycles. The second-order valence-corrected chi connectivity index (χ2v) is 7.29. The summed E-state index contributed by atoms with van der Waals surface area (Å²) in [6.07, 6.45) is 2.45. The molecule has 1 aliphatic rings. The summed E-state index contributed by atoms with van der Waals surface area (Å²) in [4.78, 5) is 0. The molecule has 0 saturated carbocycles. The summed E-state index contributed by atoms with van der Waals surface area (Å²) in [5.74, 6) is 1.12. The van der Waals surface area contributed by atoms with E-state index in [1.54, 1.807) is 0 Å². The van der Waals surface area contributed by atoms with E-state index in [0.717, 1.165) is 12.3 Å². The molecule has 0 bridgehead atoms. The molecule has 3 rings (SSSR count). The first kappa shape index (κ1) is 14.5. The fourth-order valence-electron chi connectivity index (χ4n) is 3.06. The third-order valence-corrected chi connectivity index (χ3v) is 5.41. The van der Waals surface area contributed by atoms with Crippen LogP contribution >= 0.6 is 11.8 Å². The number of para-hydroxylation sites is 1. The summed E-state index contributed by atoms with van der Waals surface area (Å²) in [6.45, 7) is 5.45. The van der Waals surface area contributed by atoms with Gasteiger partial charge in [0, 0.05) is 23.2 Å². The molecule has 1 nitrogen and oxygen atoms in total. The van der Waals surface area contributed by atoms with Crippen molar-refractivity contribution >= 4 is 17.4 Å². The first-order valence-corrected chi connectivity index (χ1v) is 8.76. The first-order valence-electron chi connectivity index (χ1n) is 7.71. The molecule has 0 radical (unpaired) electrons. The van der Waals surface area contributed by atoms with E-state index in [2.05, 4.69) is 73.4 Å². The predicted molar refractivity (Wildman–Crippen MR) is 94.3 cm³/mol. The van der Waals surface area contributed by atoms with Crippen molar-refractivity contribution in [1.29, 1.82) is 0 Å². The van der Waals surface area contributed by atoms with Crippen LogP contribution in [0.3, 0.4) is 0 Å². The van der Waals surface area contributed by atoms with Gasteiger partial charge in [-0.15, -0.1) is 0 Å². The second-order valence-electron chi connectivity index (χ2n) is 6.01. The Kier molecular flexibility index (Phi) is 4.54. The molecule has 2 aromatic carbocycles. The third kappa shape index (κ3) is 3.82. The standard InChI is InChI=1S/C19H23NS/c1-14-9-15(2)11-16(10-14)13-21-18-8-7-17-5-3-4-6-19(17)20-12-18/h3-6,9-11,18,20H,7-8,12-13H2,1-2H3. The van der Waals surface area contributed by atoms with E-state index >= 15 is 0 Å². The Labute approximate surface area is 132 Å². The molecule has 110 valence electrons. The average Bonchev–Trinajstić information content (AvgIpc) is 2.67. The second kappa shape index (κ2) is 6.57. The molecule has 1 atom stereocenters. The number of benzene rings is 2. The SMILES string of the molecule is Cc1cc(C)cc(CSC2CCc3ccccc3NC2)c1. The first-order chi connectivity index (χ1) is 10.2. The molecule has 1 aliphatic heterocycles. The molecule has 0 amide bonds. The zero-order chi connectivity index (χ0) is 14.7. The molecule has 0 aliphatic carbocycles. The molecule has 21 heavy (non-hydrogen) atoms. The van der Waals surface area contributed by atoms with Crippen molar-refractivity contribution in [3.63, 3.8) is 0 Å². The number of aryl methyl sites for hydroxylation is 3. The molecule has 1 unspecified atom stereocenters. The number of rotatable bonds is 3. The minimum Gasteiger partial charge on any atom is -0.384 e. The summed E-state index contributed by atoms with van der Waals surface area (Å²) in [5.41, 5.74) is 6.99. The van der Waals surface area contributed by atoms with Crippen molar-refractivity contribution in [1.82, 2.24) is 0 Å². The molecule has 0 fully saturated rings. The predicted octanol–water partition coefficient (Wildman–Crippen LogP) is 4.96. The van der Waals surface area contributed by atoms with Gasteiger partial charge in [0.1, 0.15) is 0 Å².